The second kappa shape index (κ2) is 4.65. The standard InChI is InChI=1S/C8H9ClFN.ClH/c1-5(11)8-6(9)3-2-4-7(8)10;/h2-5H,11H2,1H3;1H/t5-;/m1./s1. The van der Waals surface area contributed by atoms with Crippen molar-refractivity contribution in [3.63, 3.8) is 0 Å². The van der Waals surface area contributed by atoms with E-state index < -0.39 is 0 Å². The van der Waals surface area contributed by atoms with E-state index in [2.05, 4.69) is 0 Å². The number of halogens is 3. The largest absolute Gasteiger partial charge is 0.324 e. The molecule has 1 nitrogen and oxygen atoms in total. The second-order valence-electron chi connectivity index (χ2n) is 2.42. The Kier molecular flexibility index (Phi) is 4.53. The lowest BCUT2D eigenvalue weighted by Gasteiger charge is -2.08. The summed E-state index contributed by atoms with van der Waals surface area (Å²) in [6.07, 6.45) is 0. The molecule has 4 heteroatoms. The highest BCUT2D eigenvalue weighted by Crippen LogP contribution is 2.23. The van der Waals surface area contributed by atoms with Crippen LogP contribution in [0.5, 0.6) is 0 Å². The molecular formula is C8H10Cl2FN. The molecule has 0 aromatic heterocycles. The van der Waals surface area contributed by atoms with E-state index in [4.69, 9.17) is 17.3 Å². The fourth-order valence-corrected chi connectivity index (χ4v) is 1.28. The predicted octanol–water partition coefficient (Wildman–Crippen LogP) is 2.92. The van der Waals surface area contributed by atoms with Crippen molar-refractivity contribution in [1.82, 2.24) is 0 Å². The molecule has 0 aliphatic rings. The van der Waals surface area contributed by atoms with E-state index in [0.717, 1.165) is 0 Å². The number of rotatable bonds is 1. The first-order valence-corrected chi connectivity index (χ1v) is 3.70. The van der Waals surface area contributed by atoms with Crippen molar-refractivity contribution in [3.8, 4) is 0 Å². The van der Waals surface area contributed by atoms with E-state index in [0.29, 0.717) is 10.6 Å². The van der Waals surface area contributed by atoms with Crippen LogP contribution in [0, 0.1) is 5.82 Å². The van der Waals surface area contributed by atoms with Gasteiger partial charge in [0.25, 0.3) is 0 Å². The first kappa shape index (κ1) is 11.7. The van der Waals surface area contributed by atoms with Crippen molar-refractivity contribution in [2.24, 2.45) is 5.73 Å². The van der Waals surface area contributed by atoms with Crippen molar-refractivity contribution in [3.05, 3.63) is 34.6 Å². The third kappa shape index (κ3) is 2.34. The predicted molar refractivity (Wildman–Crippen MR) is 51.3 cm³/mol. The Bertz CT molecular complexity index is 243. The van der Waals surface area contributed by atoms with Gasteiger partial charge in [-0.1, -0.05) is 17.7 Å². The molecule has 1 aromatic carbocycles. The average molecular weight is 210 g/mol. The van der Waals surface area contributed by atoms with Gasteiger partial charge in [0.15, 0.2) is 0 Å². The Morgan fingerprint density at radius 3 is 2.42 bits per heavy atom. The van der Waals surface area contributed by atoms with Crippen molar-refractivity contribution in [1.29, 1.82) is 0 Å². The van der Waals surface area contributed by atoms with Crippen molar-refractivity contribution in [2.75, 3.05) is 0 Å². The normalized spacial score (nSPS) is 12.0. The number of nitrogens with two attached hydrogens (primary N) is 1. The molecule has 0 spiro atoms. The lowest BCUT2D eigenvalue weighted by Crippen LogP contribution is -2.07. The first-order valence-electron chi connectivity index (χ1n) is 3.32. The molecule has 0 amide bonds. The van der Waals surface area contributed by atoms with Crippen LogP contribution in [0.3, 0.4) is 0 Å². The minimum atomic E-state index is -0.358. The lowest BCUT2D eigenvalue weighted by molar-refractivity contribution is 0.594. The van der Waals surface area contributed by atoms with Gasteiger partial charge in [-0.15, -0.1) is 12.4 Å². The highest BCUT2D eigenvalue weighted by molar-refractivity contribution is 6.31. The van der Waals surface area contributed by atoms with Gasteiger partial charge in [-0.3, -0.25) is 0 Å². The molecule has 1 atom stereocenters. The van der Waals surface area contributed by atoms with Gasteiger partial charge in [0.05, 0.1) is 0 Å². The van der Waals surface area contributed by atoms with Crippen LogP contribution >= 0.6 is 24.0 Å². The van der Waals surface area contributed by atoms with E-state index in [1.807, 2.05) is 0 Å². The van der Waals surface area contributed by atoms with Crippen LogP contribution < -0.4 is 5.73 Å². The Balaban J connectivity index is 0.00000121. The van der Waals surface area contributed by atoms with E-state index in [-0.39, 0.29) is 24.3 Å². The van der Waals surface area contributed by atoms with Gasteiger partial charge < -0.3 is 5.73 Å². The molecule has 0 heterocycles. The van der Waals surface area contributed by atoms with Gasteiger partial charge in [0.2, 0.25) is 0 Å². The summed E-state index contributed by atoms with van der Waals surface area (Å²) in [7, 11) is 0. The van der Waals surface area contributed by atoms with Gasteiger partial charge in [-0.2, -0.15) is 0 Å². The van der Waals surface area contributed by atoms with Gasteiger partial charge >= 0.3 is 0 Å². The summed E-state index contributed by atoms with van der Waals surface area (Å²) in [5.41, 5.74) is 5.87. The lowest BCUT2D eigenvalue weighted by atomic mass is 10.1. The third-order valence-corrected chi connectivity index (χ3v) is 1.78. The molecule has 0 fully saturated rings. The molecule has 0 aliphatic carbocycles. The Hall–Kier alpha value is -0.310. The Labute approximate surface area is 82.1 Å². The van der Waals surface area contributed by atoms with Gasteiger partial charge in [-0.05, 0) is 19.1 Å². The second-order valence-corrected chi connectivity index (χ2v) is 2.83. The van der Waals surface area contributed by atoms with Crippen LogP contribution in [0.25, 0.3) is 0 Å². The minimum absolute atomic E-state index is 0. The molecule has 12 heavy (non-hydrogen) atoms. The van der Waals surface area contributed by atoms with Crippen LogP contribution in [0.4, 0.5) is 4.39 Å². The van der Waals surface area contributed by atoms with E-state index >= 15 is 0 Å². The molecule has 0 unspecified atom stereocenters. The molecule has 0 saturated heterocycles. The number of hydrogen-bond acceptors (Lipinski definition) is 1. The zero-order valence-electron chi connectivity index (χ0n) is 6.55. The van der Waals surface area contributed by atoms with E-state index in [1.165, 1.54) is 6.07 Å². The summed E-state index contributed by atoms with van der Waals surface area (Å²) in [5.74, 6) is -0.340. The molecule has 0 radical (unpaired) electrons. The van der Waals surface area contributed by atoms with E-state index in [1.54, 1.807) is 19.1 Å². The average Bonchev–Trinajstić information content (AvgIpc) is 1.85. The van der Waals surface area contributed by atoms with Crippen LogP contribution in [0.15, 0.2) is 18.2 Å². The van der Waals surface area contributed by atoms with Crippen molar-refractivity contribution >= 4 is 24.0 Å². The van der Waals surface area contributed by atoms with Gasteiger partial charge in [-0.25, -0.2) is 4.39 Å². The SMILES string of the molecule is C[C@@H](N)c1c(F)cccc1Cl.Cl. The molecular weight excluding hydrogens is 200 g/mol. The molecule has 0 aliphatic heterocycles. The molecule has 0 bridgehead atoms. The summed E-state index contributed by atoms with van der Waals surface area (Å²) >= 11 is 5.70. The third-order valence-electron chi connectivity index (χ3n) is 1.46. The Morgan fingerprint density at radius 1 is 1.50 bits per heavy atom. The summed E-state index contributed by atoms with van der Waals surface area (Å²) in [6.45, 7) is 1.70. The fourth-order valence-electron chi connectivity index (χ4n) is 0.946. The zero-order valence-corrected chi connectivity index (χ0v) is 8.12. The molecule has 2 N–H and O–H groups in total. The number of hydrogen-bond donors (Lipinski definition) is 1. The van der Waals surface area contributed by atoms with Crippen LogP contribution in [-0.4, -0.2) is 0 Å². The topological polar surface area (TPSA) is 26.0 Å². The molecule has 1 aromatic rings. The van der Waals surface area contributed by atoms with Crippen LogP contribution in [-0.2, 0) is 0 Å². The molecule has 1 rings (SSSR count). The molecule has 0 saturated carbocycles. The summed E-state index contributed by atoms with van der Waals surface area (Å²) in [6, 6.07) is 4.18. The fraction of sp³-hybridized carbons (Fsp3) is 0.250. The minimum Gasteiger partial charge on any atom is -0.324 e. The summed E-state index contributed by atoms with van der Waals surface area (Å²) in [5, 5.41) is 0.389. The highest BCUT2D eigenvalue weighted by atomic mass is 35.5. The molecule has 68 valence electrons. The number of benzene rings is 1. The van der Waals surface area contributed by atoms with Crippen molar-refractivity contribution in [2.45, 2.75) is 13.0 Å². The maximum atomic E-state index is 12.9. The first-order chi connectivity index (χ1) is 5.13. The zero-order chi connectivity index (χ0) is 8.43. The van der Waals surface area contributed by atoms with Crippen molar-refractivity contribution < 1.29 is 4.39 Å². The van der Waals surface area contributed by atoms with Gasteiger partial charge in [0.1, 0.15) is 5.82 Å². The smallest absolute Gasteiger partial charge is 0.129 e. The van der Waals surface area contributed by atoms with Gasteiger partial charge in [0, 0.05) is 16.6 Å². The highest BCUT2D eigenvalue weighted by Gasteiger charge is 2.09. The van der Waals surface area contributed by atoms with Crippen LogP contribution in [0.2, 0.25) is 5.02 Å². The van der Waals surface area contributed by atoms with E-state index in [9.17, 15) is 4.39 Å². The maximum absolute atomic E-state index is 12.9. The van der Waals surface area contributed by atoms with Crippen LogP contribution in [0.1, 0.15) is 18.5 Å². The Morgan fingerprint density at radius 2 is 2.08 bits per heavy atom. The summed E-state index contributed by atoms with van der Waals surface area (Å²) in [4.78, 5) is 0. The summed E-state index contributed by atoms with van der Waals surface area (Å²) < 4.78 is 12.9. The monoisotopic (exact) mass is 209 g/mol. The quantitative estimate of drug-likeness (QED) is 0.757. The maximum Gasteiger partial charge on any atom is 0.129 e.